The van der Waals surface area contributed by atoms with Gasteiger partial charge in [-0.2, -0.15) is 0 Å². The summed E-state index contributed by atoms with van der Waals surface area (Å²) >= 11 is 0. The lowest BCUT2D eigenvalue weighted by atomic mass is 9.82. The fourth-order valence-electron chi connectivity index (χ4n) is 3.77. The zero-order valence-corrected chi connectivity index (χ0v) is 12.5. The van der Waals surface area contributed by atoms with Crippen molar-refractivity contribution in [3.63, 3.8) is 0 Å². The van der Waals surface area contributed by atoms with E-state index in [-0.39, 0.29) is 17.6 Å². The molecule has 1 unspecified atom stereocenters. The van der Waals surface area contributed by atoms with Gasteiger partial charge in [-0.05, 0) is 31.4 Å². The standard InChI is InChI=1S/C16H20N4O2/c21-15(13-5-4-8-20-11-17-19-14(13)20)18-12-9-16(22-10-12)6-2-1-3-7-16/h4-5,8,11-12H,1-3,6-7,9-10H2,(H,18,21). The SMILES string of the molecule is O=C(NC1COC2(CCCCC2)C1)c1cccn2cnnc12. The summed E-state index contributed by atoms with van der Waals surface area (Å²) < 4.78 is 7.81. The molecule has 1 amide bonds. The molecule has 2 aromatic heterocycles. The molecule has 1 N–H and O–H groups in total. The maximum atomic E-state index is 12.5. The first-order valence-electron chi connectivity index (χ1n) is 7.99. The summed E-state index contributed by atoms with van der Waals surface area (Å²) in [6.07, 6.45) is 10.4. The molecular formula is C16H20N4O2. The molecule has 0 aromatic carbocycles. The molecule has 2 aliphatic rings. The van der Waals surface area contributed by atoms with E-state index in [2.05, 4.69) is 15.5 Å². The third kappa shape index (κ3) is 2.37. The molecule has 3 heterocycles. The number of hydrogen-bond acceptors (Lipinski definition) is 4. The van der Waals surface area contributed by atoms with Crippen LogP contribution in [0, 0.1) is 0 Å². The number of carbonyl (C=O) groups is 1. The molecule has 2 fully saturated rings. The van der Waals surface area contributed by atoms with Crippen molar-refractivity contribution in [3.8, 4) is 0 Å². The van der Waals surface area contributed by atoms with E-state index in [9.17, 15) is 4.79 Å². The fourth-order valence-corrected chi connectivity index (χ4v) is 3.77. The summed E-state index contributed by atoms with van der Waals surface area (Å²) in [5, 5.41) is 11.0. The minimum atomic E-state index is -0.0972. The molecule has 116 valence electrons. The summed E-state index contributed by atoms with van der Waals surface area (Å²) in [6, 6.07) is 3.71. The molecule has 1 atom stereocenters. The summed E-state index contributed by atoms with van der Waals surface area (Å²) in [6.45, 7) is 0.613. The third-order valence-electron chi connectivity index (χ3n) is 4.88. The van der Waals surface area contributed by atoms with Gasteiger partial charge in [0.05, 0.1) is 23.8 Å². The largest absolute Gasteiger partial charge is 0.373 e. The molecule has 0 radical (unpaired) electrons. The number of hydrogen-bond donors (Lipinski definition) is 1. The van der Waals surface area contributed by atoms with E-state index >= 15 is 0 Å². The maximum Gasteiger partial charge on any atom is 0.255 e. The van der Waals surface area contributed by atoms with E-state index in [0.29, 0.717) is 17.8 Å². The molecule has 1 saturated heterocycles. The molecule has 6 nitrogen and oxygen atoms in total. The lowest BCUT2D eigenvalue weighted by Crippen LogP contribution is -2.37. The van der Waals surface area contributed by atoms with Crippen LogP contribution in [-0.2, 0) is 4.74 Å². The lowest BCUT2D eigenvalue weighted by Gasteiger charge is -2.32. The molecule has 1 spiro atoms. The van der Waals surface area contributed by atoms with E-state index < -0.39 is 0 Å². The van der Waals surface area contributed by atoms with E-state index in [1.54, 1.807) is 16.8 Å². The molecular weight excluding hydrogens is 280 g/mol. The normalized spacial score (nSPS) is 23.9. The summed E-state index contributed by atoms with van der Waals surface area (Å²) in [5.41, 5.74) is 1.16. The van der Waals surface area contributed by atoms with Crippen LogP contribution in [-0.4, -0.2) is 38.8 Å². The van der Waals surface area contributed by atoms with Crippen LogP contribution >= 0.6 is 0 Å². The number of carbonyl (C=O) groups excluding carboxylic acids is 1. The maximum absolute atomic E-state index is 12.5. The van der Waals surface area contributed by atoms with Gasteiger partial charge in [-0.25, -0.2) is 0 Å². The Hall–Kier alpha value is -1.95. The predicted octanol–water partition coefficient (Wildman–Crippen LogP) is 1.95. The molecule has 22 heavy (non-hydrogen) atoms. The van der Waals surface area contributed by atoms with Gasteiger partial charge in [0, 0.05) is 6.20 Å². The Balaban J connectivity index is 1.47. The Bertz CT molecular complexity index is 690. The number of pyridine rings is 1. The van der Waals surface area contributed by atoms with E-state index in [1.165, 1.54) is 19.3 Å². The number of fused-ring (bicyclic) bond motifs is 1. The van der Waals surface area contributed by atoms with Crippen molar-refractivity contribution in [1.82, 2.24) is 19.9 Å². The van der Waals surface area contributed by atoms with Crippen molar-refractivity contribution in [3.05, 3.63) is 30.2 Å². The number of nitrogens with zero attached hydrogens (tertiary/aromatic N) is 3. The highest BCUT2D eigenvalue weighted by molar-refractivity contribution is 5.99. The van der Waals surface area contributed by atoms with Gasteiger partial charge in [-0.3, -0.25) is 9.20 Å². The second kappa shape index (κ2) is 5.35. The Labute approximate surface area is 128 Å². The van der Waals surface area contributed by atoms with Gasteiger partial charge in [-0.1, -0.05) is 19.3 Å². The topological polar surface area (TPSA) is 68.5 Å². The molecule has 0 bridgehead atoms. The van der Waals surface area contributed by atoms with Crippen molar-refractivity contribution in [2.45, 2.75) is 50.2 Å². The zero-order chi connectivity index (χ0) is 15.0. The first-order chi connectivity index (χ1) is 10.8. The Morgan fingerprint density at radius 2 is 2.23 bits per heavy atom. The molecule has 1 aliphatic carbocycles. The second-order valence-corrected chi connectivity index (χ2v) is 6.41. The molecule has 1 saturated carbocycles. The molecule has 2 aromatic rings. The van der Waals surface area contributed by atoms with Crippen LogP contribution in [0.2, 0.25) is 0 Å². The average Bonchev–Trinajstić information content (AvgIpc) is 3.15. The number of aromatic nitrogens is 3. The highest BCUT2D eigenvalue weighted by Crippen LogP contribution is 2.39. The first-order valence-corrected chi connectivity index (χ1v) is 7.99. The van der Waals surface area contributed by atoms with Crippen molar-refractivity contribution < 1.29 is 9.53 Å². The van der Waals surface area contributed by atoms with Crippen LogP contribution in [0.4, 0.5) is 0 Å². The summed E-state index contributed by atoms with van der Waals surface area (Å²) in [4.78, 5) is 12.5. The van der Waals surface area contributed by atoms with Crippen LogP contribution < -0.4 is 5.32 Å². The highest BCUT2D eigenvalue weighted by atomic mass is 16.5. The number of ether oxygens (including phenoxy) is 1. The van der Waals surface area contributed by atoms with Crippen LogP contribution in [0.15, 0.2) is 24.7 Å². The summed E-state index contributed by atoms with van der Waals surface area (Å²) in [5.74, 6) is -0.0972. The van der Waals surface area contributed by atoms with Crippen molar-refractivity contribution in [2.75, 3.05) is 6.61 Å². The minimum Gasteiger partial charge on any atom is -0.373 e. The van der Waals surface area contributed by atoms with Gasteiger partial charge in [0.1, 0.15) is 6.33 Å². The number of nitrogens with one attached hydrogen (secondary N) is 1. The van der Waals surface area contributed by atoms with E-state index in [0.717, 1.165) is 19.3 Å². The molecule has 1 aliphatic heterocycles. The monoisotopic (exact) mass is 300 g/mol. The van der Waals surface area contributed by atoms with Crippen molar-refractivity contribution in [2.24, 2.45) is 0 Å². The second-order valence-electron chi connectivity index (χ2n) is 6.41. The predicted molar refractivity (Wildman–Crippen MR) is 80.6 cm³/mol. The highest BCUT2D eigenvalue weighted by Gasteiger charge is 2.41. The van der Waals surface area contributed by atoms with Crippen molar-refractivity contribution in [1.29, 1.82) is 0 Å². The van der Waals surface area contributed by atoms with Crippen LogP contribution in [0.1, 0.15) is 48.9 Å². The van der Waals surface area contributed by atoms with Crippen LogP contribution in [0.3, 0.4) is 0 Å². The third-order valence-corrected chi connectivity index (χ3v) is 4.88. The van der Waals surface area contributed by atoms with Gasteiger partial charge >= 0.3 is 0 Å². The lowest BCUT2D eigenvalue weighted by molar-refractivity contribution is -0.0246. The van der Waals surface area contributed by atoms with Gasteiger partial charge in [-0.15, -0.1) is 10.2 Å². The van der Waals surface area contributed by atoms with Gasteiger partial charge < -0.3 is 10.1 Å². The van der Waals surface area contributed by atoms with E-state index in [1.807, 2.05) is 12.3 Å². The van der Waals surface area contributed by atoms with Crippen molar-refractivity contribution >= 4 is 11.6 Å². The Morgan fingerprint density at radius 3 is 3.09 bits per heavy atom. The quantitative estimate of drug-likeness (QED) is 0.920. The fraction of sp³-hybridized carbons (Fsp3) is 0.562. The smallest absolute Gasteiger partial charge is 0.255 e. The molecule has 4 rings (SSSR count). The number of rotatable bonds is 2. The van der Waals surface area contributed by atoms with Crippen LogP contribution in [0.25, 0.3) is 5.65 Å². The Morgan fingerprint density at radius 1 is 1.36 bits per heavy atom. The van der Waals surface area contributed by atoms with E-state index in [4.69, 9.17) is 4.74 Å². The average molecular weight is 300 g/mol. The van der Waals surface area contributed by atoms with Gasteiger partial charge in [0.15, 0.2) is 5.65 Å². The van der Waals surface area contributed by atoms with Gasteiger partial charge in [0.25, 0.3) is 5.91 Å². The Kier molecular flexibility index (Phi) is 3.33. The summed E-state index contributed by atoms with van der Waals surface area (Å²) in [7, 11) is 0. The van der Waals surface area contributed by atoms with Crippen LogP contribution in [0.5, 0.6) is 0 Å². The van der Waals surface area contributed by atoms with Gasteiger partial charge in [0.2, 0.25) is 0 Å². The minimum absolute atomic E-state index is 0.0110. The zero-order valence-electron chi connectivity index (χ0n) is 12.5. The first kappa shape index (κ1) is 13.7. The molecule has 6 heteroatoms. The number of amides is 1.